The van der Waals surface area contributed by atoms with Crippen LogP contribution >= 0.6 is 0 Å². The monoisotopic (exact) mass is 289 g/mol. The Balaban J connectivity index is 1.71. The Kier molecular flexibility index (Phi) is 4.51. The van der Waals surface area contributed by atoms with Crippen LogP contribution in [0, 0.1) is 0 Å². The van der Waals surface area contributed by atoms with E-state index in [1.807, 2.05) is 17.0 Å². The van der Waals surface area contributed by atoms with Gasteiger partial charge in [0.1, 0.15) is 0 Å². The average Bonchev–Trinajstić information content (AvgIpc) is 3.17. The van der Waals surface area contributed by atoms with Gasteiger partial charge in [-0.25, -0.2) is 0 Å². The van der Waals surface area contributed by atoms with Gasteiger partial charge in [0.15, 0.2) is 0 Å². The van der Waals surface area contributed by atoms with Crippen molar-refractivity contribution in [2.45, 2.75) is 38.0 Å². The highest BCUT2D eigenvalue weighted by molar-refractivity contribution is 5.82. The largest absolute Gasteiger partial charge is 0.380 e. The summed E-state index contributed by atoms with van der Waals surface area (Å²) in [5.41, 5.74) is 1.20. The van der Waals surface area contributed by atoms with E-state index in [0.717, 1.165) is 45.4 Å². The number of hydrogen-bond donors (Lipinski definition) is 0. The van der Waals surface area contributed by atoms with Gasteiger partial charge in [-0.2, -0.15) is 0 Å². The first kappa shape index (κ1) is 14.5. The molecule has 0 saturated carbocycles. The zero-order valence-corrected chi connectivity index (χ0v) is 12.6. The predicted molar refractivity (Wildman–Crippen MR) is 79.7 cm³/mol. The van der Waals surface area contributed by atoms with Crippen LogP contribution in [0.2, 0.25) is 0 Å². The molecule has 2 saturated heterocycles. The molecule has 2 atom stereocenters. The molecular formula is C16H23N3O2. The second-order valence-corrected chi connectivity index (χ2v) is 5.93. The predicted octanol–water partition coefficient (Wildman–Crippen LogP) is 1.29. The van der Waals surface area contributed by atoms with Crippen molar-refractivity contribution < 1.29 is 9.53 Å². The molecule has 0 bridgehead atoms. The minimum absolute atomic E-state index is 0.0405. The van der Waals surface area contributed by atoms with Crippen molar-refractivity contribution in [2.75, 3.05) is 26.7 Å². The van der Waals surface area contributed by atoms with Gasteiger partial charge in [-0.15, -0.1) is 0 Å². The summed E-state index contributed by atoms with van der Waals surface area (Å²) in [4.78, 5) is 21.0. The Hall–Kier alpha value is -1.46. The zero-order valence-electron chi connectivity index (χ0n) is 12.6. The molecule has 21 heavy (non-hydrogen) atoms. The quantitative estimate of drug-likeness (QED) is 0.838. The minimum atomic E-state index is -0.0405. The molecule has 2 aliphatic heterocycles. The van der Waals surface area contributed by atoms with E-state index in [9.17, 15) is 4.79 Å². The fraction of sp³-hybridized carbons (Fsp3) is 0.625. The summed E-state index contributed by atoms with van der Waals surface area (Å²) in [6.07, 6.45) is 6.83. The van der Waals surface area contributed by atoms with Crippen LogP contribution in [0.3, 0.4) is 0 Å². The number of nitrogens with zero attached hydrogens (tertiary/aromatic N) is 3. The molecule has 1 aromatic heterocycles. The first-order valence-corrected chi connectivity index (χ1v) is 7.72. The lowest BCUT2D eigenvalue weighted by molar-refractivity contribution is -0.135. The van der Waals surface area contributed by atoms with Crippen LogP contribution in [0.1, 0.15) is 24.8 Å². The molecule has 3 heterocycles. The lowest BCUT2D eigenvalue weighted by Crippen LogP contribution is -2.44. The van der Waals surface area contributed by atoms with Gasteiger partial charge in [-0.1, -0.05) is 0 Å². The number of carbonyl (C=O) groups excluding carboxylic acids is 1. The Bertz CT molecular complexity index is 474. The molecule has 5 nitrogen and oxygen atoms in total. The maximum Gasteiger partial charge on any atom is 0.240 e. The summed E-state index contributed by atoms with van der Waals surface area (Å²) in [5.74, 6) is 0.279. The van der Waals surface area contributed by atoms with Crippen LogP contribution < -0.4 is 0 Å². The van der Waals surface area contributed by atoms with E-state index in [1.165, 1.54) is 5.56 Å². The summed E-state index contributed by atoms with van der Waals surface area (Å²) >= 11 is 0. The second kappa shape index (κ2) is 6.54. The van der Waals surface area contributed by atoms with E-state index in [2.05, 4.69) is 9.88 Å². The number of carbonyl (C=O) groups is 1. The molecule has 2 fully saturated rings. The maximum atomic E-state index is 12.7. The SMILES string of the molecule is CO[C@H]1C[C@@H](C(=O)N2CCCC2)N(Cc2ccncc2)C1. The van der Waals surface area contributed by atoms with Gasteiger partial charge in [0.05, 0.1) is 12.1 Å². The smallest absolute Gasteiger partial charge is 0.240 e. The van der Waals surface area contributed by atoms with Gasteiger partial charge in [-0.05, 0) is 37.0 Å². The van der Waals surface area contributed by atoms with Crippen LogP contribution in [0.25, 0.3) is 0 Å². The van der Waals surface area contributed by atoms with Gasteiger partial charge in [0, 0.05) is 45.7 Å². The Labute approximate surface area is 125 Å². The van der Waals surface area contributed by atoms with Gasteiger partial charge >= 0.3 is 0 Å². The van der Waals surface area contributed by atoms with E-state index >= 15 is 0 Å². The molecule has 0 radical (unpaired) electrons. The number of amides is 1. The number of pyridine rings is 1. The summed E-state index contributed by atoms with van der Waals surface area (Å²) in [7, 11) is 1.73. The number of likely N-dealkylation sites (tertiary alicyclic amines) is 2. The van der Waals surface area contributed by atoms with Crippen molar-refractivity contribution in [3.63, 3.8) is 0 Å². The van der Waals surface area contributed by atoms with Gasteiger partial charge in [-0.3, -0.25) is 14.7 Å². The van der Waals surface area contributed by atoms with E-state index in [4.69, 9.17) is 4.74 Å². The molecule has 0 aromatic carbocycles. The van der Waals surface area contributed by atoms with Crippen molar-refractivity contribution in [1.82, 2.24) is 14.8 Å². The van der Waals surface area contributed by atoms with Gasteiger partial charge < -0.3 is 9.64 Å². The summed E-state index contributed by atoms with van der Waals surface area (Å²) in [6, 6.07) is 3.98. The molecule has 5 heteroatoms. The molecule has 3 rings (SSSR count). The Morgan fingerprint density at radius 2 is 2.05 bits per heavy atom. The number of methoxy groups -OCH3 is 1. The van der Waals surface area contributed by atoms with Crippen LogP contribution in [0.5, 0.6) is 0 Å². The fourth-order valence-electron chi connectivity index (χ4n) is 3.33. The van der Waals surface area contributed by atoms with Crippen LogP contribution in [0.4, 0.5) is 0 Å². The third kappa shape index (κ3) is 3.24. The number of rotatable bonds is 4. The molecule has 2 aliphatic rings. The van der Waals surface area contributed by atoms with Crippen LogP contribution in [-0.2, 0) is 16.1 Å². The molecule has 1 aromatic rings. The van der Waals surface area contributed by atoms with Crippen LogP contribution in [-0.4, -0.2) is 59.6 Å². The summed E-state index contributed by atoms with van der Waals surface area (Å²) < 4.78 is 5.50. The lowest BCUT2D eigenvalue weighted by Gasteiger charge is -2.27. The third-order valence-corrected chi connectivity index (χ3v) is 4.54. The van der Waals surface area contributed by atoms with Crippen molar-refractivity contribution in [1.29, 1.82) is 0 Å². The van der Waals surface area contributed by atoms with Crippen molar-refractivity contribution in [3.8, 4) is 0 Å². The molecule has 0 N–H and O–H groups in total. The van der Waals surface area contributed by atoms with Crippen LogP contribution in [0.15, 0.2) is 24.5 Å². The first-order valence-electron chi connectivity index (χ1n) is 7.72. The fourth-order valence-corrected chi connectivity index (χ4v) is 3.33. The normalized spacial score (nSPS) is 26.4. The van der Waals surface area contributed by atoms with E-state index < -0.39 is 0 Å². The minimum Gasteiger partial charge on any atom is -0.380 e. The first-order chi connectivity index (χ1) is 10.3. The van der Waals surface area contributed by atoms with E-state index in [-0.39, 0.29) is 18.1 Å². The Morgan fingerprint density at radius 1 is 1.33 bits per heavy atom. The van der Waals surface area contributed by atoms with E-state index in [0.29, 0.717) is 0 Å². The number of ether oxygens (including phenoxy) is 1. The van der Waals surface area contributed by atoms with E-state index in [1.54, 1.807) is 19.5 Å². The molecular weight excluding hydrogens is 266 g/mol. The molecule has 114 valence electrons. The third-order valence-electron chi connectivity index (χ3n) is 4.54. The molecule has 1 amide bonds. The highest BCUT2D eigenvalue weighted by atomic mass is 16.5. The maximum absolute atomic E-state index is 12.7. The average molecular weight is 289 g/mol. The topological polar surface area (TPSA) is 45.7 Å². The standard InChI is InChI=1S/C16H23N3O2/c1-21-14-10-15(16(20)18-8-2-3-9-18)19(12-14)11-13-4-6-17-7-5-13/h4-7,14-15H,2-3,8-12H2,1H3/t14-,15-/m0/s1. The Morgan fingerprint density at radius 3 is 2.71 bits per heavy atom. The lowest BCUT2D eigenvalue weighted by atomic mass is 10.1. The highest BCUT2D eigenvalue weighted by Gasteiger charge is 2.39. The molecule has 0 unspecified atom stereocenters. The summed E-state index contributed by atoms with van der Waals surface area (Å²) in [5, 5.41) is 0. The van der Waals surface area contributed by atoms with Gasteiger partial charge in [0.2, 0.25) is 5.91 Å². The zero-order chi connectivity index (χ0) is 14.7. The number of hydrogen-bond acceptors (Lipinski definition) is 4. The van der Waals surface area contributed by atoms with Gasteiger partial charge in [0.25, 0.3) is 0 Å². The summed E-state index contributed by atoms with van der Waals surface area (Å²) in [6.45, 7) is 3.43. The van der Waals surface area contributed by atoms with Crippen molar-refractivity contribution >= 4 is 5.91 Å². The number of aromatic nitrogens is 1. The molecule has 0 spiro atoms. The highest BCUT2D eigenvalue weighted by Crippen LogP contribution is 2.25. The van der Waals surface area contributed by atoms with Crippen molar-refractivity contribution in [3.05, 3.63) is 30.1 Å². The van der Waals surface area contributed by atoms with Crippen molar-refractivity contribution in [2.24, 2.45) is 0 Å². The molecule has 0 aliphatic carbocycles. The second-order valence-electron chi connectivity index (χ2n) is 5.93.